The third kappa shape index (κ3) is 5.90. The lowest BCUT2D eigenvalue weighted by molar-refractivity contribution is -0.135. The summed E-state index contributed by atoms with van der Waals surface area (Å²) in [6.45, 7) is 0.509. The Bertz CT molecular complexity index is 1320. The number of carbonyl (C=O) groups is 4. The summed E-state index contributed by atoms with van der Waals surface area (Å²) in [5, 5.41) is 16.8. The van der Waals surface area contributed by atoms with Crippen molar-refractivity contribution < 1.29 is 24.3 Å². The minimum Gasteiger partial charge on any atom is -0.389 e. The average molecular weight is 498 g/mol. The van der Waals surface area contributed by atoms with Crippen LogP contribution in [0.25, 0.3) is 10.9 Å². The van der Waals surface area contributed by atoms with Crippen LogP contribution in [-0.2, 0) is 27.3 Å². The predicted molar refractivity (Wildman–Crippen MR) is 128 cm³/mol. The summed E-state index contributed by atoms with van der Waals surface area (Å²) >= 11 is 5.86. The lowest BCUT2D eigenvalue weighted by atomic mass is 10.0. The molecule has 0 radical (unpaired) electrons. The van der Waals surface area contributed by atoms with Gasteiger partial charge in [0.05, 0.1) is 5.52 Å². The third-order valence-corrected chi connectivity index (χ3v) is 5.83. The van der Waals surface area contributed by atoms with Crippen LogP contribution >= 0.6 is 11.6 Å². The smallest absolute Gasteiger partial charge is 0.245 e. The van der Waals surface area contributed by atoms with E-state index in [1.54, 1.807) is 36.4 Å². The fourth-order valence-corrected chi connectivity index (χ4v) is 4.01. The quantitative estimate of drug-likeness (QED) is 0.323. The molecule has 2 N–H and O–H groups in total. The van der Waals surface area contributed by atoms with Crippen molar-refractivity contribution >= 4 is 51.7 Å². The Balaban J connectivity index is 1.53. The topological polar surface area (TPSA) is 134 Å². The molecule has 1 aliphatic carbocycles. The van der Waals surface area contributed by atoms with E-state index in [1.807, 2.05) is 0 Å². The number of aromatic nitrogens is 3. The number of aliphatic hydroxyl groups excluding tert-OH is 1. The molecule has 4 rings (SSSR count). The fourth-order valence-electron chi connectivity index (χ4n) is 3.84. The first-order valence-electron chi connectivity index (χ1n) is 11.1. The molecular formula is C24H24ClN5O5. The summed E-state index contributed by atoms with van der Waals surface area (Å²) in [7, 11) is 0. The monoisotopic (exact) mass is 497 g/mol. The standard InChI is InChI=1S/C24H24ClN5O5/c1-14(32)24-18-10-15(9-17(33)13-31)5-8-19(18)30(28-24)12-23(35)29(16-6-7-16)11-22(34)27-21-4-2-3-20(25)26-21/h2-5,8,10,16,31H,6-7,9,11-13H2,1H3,(H,26,27,34). The summed E-state index contributed by atoms with van der Waals surface area (Å²) in [6.07, 6.45) is 1.63. The van der Waals surface area contributed by atoms with Crippen molar-refractivity contribution in [3.63, 3.8) is 0 Å². The highest BCUT2D eigenvalue weighted by atomic mass is 35.5. The minimum absolute atomic E-state index is 0.0277. The minimum atomic E-state index is -0.566. The first-order chi connectivity index (χ1) is 16.7. The number of hydrogen-bond donors (Lipinski definition) is 2. The highest BCUT2D eigenvalue weighted by Crippen LogP contribution is 2.28. The molecule has 1 fully saturated rings. The number of hydrogen-bond acceptors (Lipinski definition) is 7. The summed E-state index contributed by atoms with van der Waals surface area (Å²) < 4.78 is 1.44. The maximum Gasteiger partial charge on any atom is 0.245 e. The lowest BCUT2D eigenvalue weighted by Crippen LogP contribution is -2.41. The molecule has 0 bridgehead atoms. The molecule has 10 nitrogen and oxygen atoms in total. The third-order valence-electron chi connectivity index (χ3n) is 5.62. The molecule has 0 unspecified atom stereocenters. The van der Waals surface area contributed by atoms with Gasteiger partial charge in [-0.1, -0.05) is 23.7 Å². The Hall–Kier alpha value is -3.63. The van der Waals surface area contributed by atoms with Gasteiger partial charge < -0.3 is 15.3 Å². The first kappa shape index (κ1) is 24.5. The van der Waals surface area contributed by atoms with E-state index in [0.29, 0.717) is 22.3 Å². The maximum absolute atomic E-state index is 13.2. The van der Waals surface area contributed by atoms with Crippen LogP contribution in [0.5, 0.6) is 0 Å². The Kier molecular flexibility index (Phi) is 7.23. The lowest BCUT2D eigenvalue weighted by Gasteiger charge is -2.22. The number of fused-ring (bicyclic) bond motifs is 1. The van der Waals surface area contributed by atoms with Crippen molar-refractivity contribution in [1.82, 2.24) is 19.7 Å². The van der Waals surface area contributed by atoms with Crippen LogP contribution in [0.1, 0.15) is 35.8 Å². The largest absolute Gasteiger partial charge is 0.389 e. The summed E-state index contributed by atoms with van der Waals surface area (Å²) in [6, 6.07) is 9.90. The number of carbonyl (C=O) groups excluding carboxylic acids is 4. The zero-order valence-electron chi connectivity index (χ0n) is 19.0. The van der Waals surface area contributed by atoms with Crippen LogP contribution in [0.15, 0.2) is 36.4 Å². The van der Waals surface area contributed by atoms with Gasteiger partial charge in [-0.25, -0.2) is 4.98 Å². The molecule has 0 aliphatic heterocycles. The van der Waals surface area contributed by atoms with Gasteiger partial charge in [0.15, 0.2) is 11.6 Å². The van der Waals surface area contributed by atoms with E-state index in [9.17, 15) is 19.2 Å². The molecule has 2 heterocycles. The number of halogens is 1. The molecular weight excluding hydrogens is 474 g/mol. The van der Waals surface area contributed by atoms with Crippen LogP contribution in [0.2, 0.25) is 5.15 Å². The fraction of sp³-hybridized carbons (Fsp3) is 0.333. The Morgan fingerprint density at radius 3 is 2.63 bits per heavy atom. The van der Waals surface area contributed by atoms with Gasteiger partial charge in [0.2, 0.25) is 11.8 Å². The number of benzene rings is 1. The van der Waals surface area contributed by atoms with Gasteiger partial charge in [0.1, 0.15) is 36.4 Å². The summed E-state index contributed by atoms with van der Waals surface area (Å²) in [4.78, 5) is 55.1. The summed E-state index contributed by atoms with van der Waals surface area (Å²) in [5.41, 5.74) is 1.39. The Morgan fingerprint density at radius 1 is 1.20 bits per heavy atom. The van der Waals surface area contributed by atoms with Gasteiger partial charge in [-0.15, -0.1) is 0 Å². The molecule has 2 amide bonds. The van der Waals surface area contributed by atoms with Crippen LogP contribution in [0.3, 0.4) is 0 Å². The van der Waals surface area contributed by atoms with Crippen LogP contribution in [0.4, 0.5) is 5.82 Å². The van der Waals surface area contributed by atoms with E-state index in [1.165, 1.54) is 16.5 Å². The van der Waals surface area contributed by atoms with Crippen molar-refractivity contribution in [3.05, 3.63) is 52.8 Å². The molecule has 182 valence electrons. The molecule has 11 heteroatoms. The molecule has 0 saturated heterocycles. The van der Waals surface area contributed by atoms with Gasteiger partial charge in [0, 0.05) is 24.8 Å². The zero-order valence-corrected chi connectivity index (χ0v) is 19.8. The molecule has 1 aliphatic rings. The van der Waals surface area contributed by atoms with E-state index in [-0.39, 0.29) is 53.9 Å². The van der Waals surface area contributed by atoms with Gasteiger partial charge in [0.25, 0.3) is 0 Å². The zero-order chi connectivity index (χ0) is 25.1. The number of ketones is 2. The maximum atomic E-state index is 13.2. The predicted octanol–water partition coefficient (Wildman–Crippen LogP) is 2.02. The highest BCUT2D eigenvalue weighted by Gasteiger charge is 2.34. The van der Waals surface area contributed by atoms with Crippen molar-refractivity contribution in [2.75, 3.05) is 18.5 Å². The van der Waals surface area contributed by atoms with Crippen molar-refractivity contribution in [2.45, 2.75) is 38.8 Å². The van der Waals surface area contributed by atoms with Gasteiger partial charge >= 0.3 is 0 Å². The number of anilines is 1. The first-order valence-corrected chi connectivity index (χ1v) is 11.5. The molecule has 35 heavy (non-hydrogen) atoms. The second-order valence-corrected chi connectivity index (χ2v) is 8.82. The average Bonchev–Trinajstić information content (AvgIpc) is 3.59. The molecule has 3 aromatic rings. The molecule has 1 saturated carbocycles. The van der Waals surface area contributed by atoms with Crippen molar-refractivity contribution in [1.29, 1.82) is 0 Å². The van der Waals surface area contributed by atoms with Crippen LogP contribution < -0.4 is 5.32 Å². The molecule has 1 aromatic carbocycles. The summed E-state index contributed by atoms with van der Waals surface area (Å²) in [5.74, 6) is -1.03. The number of aliphatic hydroxyl groups is 1. The van der Waals surface area contributed by atoms with Crippen LogP contribution in [-0.4, -0.2) is 67.3 Å². The van der Waals surface area contributed by atoms with Gasteiger partial charge in [-0.05, 0) is 42.7 Å². The van der Waals surface area contributed by atoms with Crippen molar-refractivity contribution in [2.24, 2.45) is 0 Å². The molecule has 0 atom stereocenters. The number of nitrogens with one attached hydrogen (secondary N) is 1. The second-order valence-electron chi connectivity index (χ2n) is 8.43. The van der Waals surface area contributed by atoms with Gasteiger partial charge in [-0.2, -0.15) is 5.10 Å². The van der Waals surface area contributed by atoms with E-state index in [2.05, 4.69) is 15.4 Å². The van der Waals surface area contributed by atoms with Crippen molar-refractivity contribution in [3.8, 4) is 0 Å². The van der Waals surface area contributed by atoms with Gasteiger partial charge in [-0.3, -0.25) is 23.9 Å². The Labute approximate surface area is 205 Å². The number of Topliss-reactive ketones (excluding diaryl/α,β-unsaturated/α-hetero) is 2. The normalized spacial score (nSPS) is 13.0. The molecule has 2 aromatic heterocycles. The number of rotatable bonds is 10. The SMILES string of the molecule is CC(=O)c1nn(CC(=O)N(CC(=O)Nc2cccc(Cl)n2)C2CC2)c2ccc(CC(=O)CO)cc12. The number of amides is 2. The second kappa shape index (κ2) is 10.3. The highest BCUT2D eigenvalue weighted by molar-refractivity contribution is 6.29. The van der Waals surface area contributed by atoms with E-state index in [4.69, 9.17) is 16.7 Å². The Morgan fingerprint density at radius 2 is 1.97 bits per heavy atom. The van der Waals surface area contributed by atoms with E-state index < -0.39 is 12.5 Å². The van der Waals surface area contributed by atoms with E-state index in [0.717, 1.165) is 12.8 Å². The van der Waals surface area contributed by atoms with E-state index >= 15 is 0 Å². The number of nitrogens with zero attached hydrogens (tertiary/aromatic N) is 4. The number of pyridine rings is 1. The molecule has 0 spiro atoms. The van der Waals surface area contributed by atoms with Crippen LogP contribution in [0, 0.1) is 0 Å².